The Balaban J connectivity index is 2.11. The third kappa shape index (κ3) is 2.54. The van der Waals surface area contributed by atoms with Gasteiger partial charge in [0.15, 0.2) is 0 Å². The van der Waals surface area contributed by atoms with Crippen LogP contribution >= 0.6 is 0 Å². The van der Waals surface area contributed by atoms with E-state index >= 15 is 0 Å². The molecular formula is C11H15N3O4S. The van der Waals surface area contributed by atoms with Gasteiger partial charge in [-0.25, -0.2) is 17.7 Å². The van der Waals surface area contributed by atoms with Crippen molar-refractivity contribution in [1.82, 2.24) is 9.29 Å². The molecule has 0 unspecified atom stereocenters. The number of aromatic nitrogens is 1. The molecule has 1 aliphatic rings. The van der Waals surface area contributed by atoms with Crippen molar-refractivity contribution in [2.45, 2.75) is 4.90 Å². The Hall–Kier alpha value is -1.67. The Morgan fingerprint density at radius 2 is 2.05 bits per heavy atom. The number of hydrogen-bond acceptors (Lipinski definition) is 5. The van der Waals surface area contributed by atoms with Crippen LogP contribution in [0.2, 0.25) is 0 Å². The number of carboxylic acids is 1. The van der Waals surface area contributed by atoms with Gasteiger partial charge in [0.1, 0.15) is 10.7 Å². The highest BCUT2D eigenvalue weighted by molar-refractivity contribution is 7.89. The molecule has 0 bridgehead atoms. The summed E-state index contributed by atoms with van der Waals surface area (Å²) in [6.07, 6.45) is 1.29. The number of nitrogens with zero attached hydrogens (tertiary/aromatic N) is 3. The van der Waals surface area contributed by atoms with E-state index in [1.54, 1.807) is 11.0 Å². The van der Waals surface area contributed by atoms with E-state index in [9.17, 15) is 13.2 Å². The quantitative estimate of drug-likeness (QED) is 0.827. The molecule has 1 aromatic rings. The van der Waals surface area contributed by atoms with E-state index in [-0.39, 0.29) is 10.8 Å². The molecule has 1 saturated heterocycles. The molecule has 1 fully saturated rings. The Kier molecular flexibility index (Phi) is 3.46. The van der Waals surface area contributed by atoms with Crippen molar-refractivity contribution in [3.8, 4) is 0 Å². The topological polar surface area (TPSA) is 90.8 Å². The molecule has 0 spiro atoms. The molecule has 1 aliphatic heterocycles. The predicted molar refractivity (Wildman–Crippen MR) is 68.4 cm³/mol. The molecule has 0 atom stereocenters. The van der Waals surface area contributed by atoms with Crippen molar-refractivity contribution >= 4 is 21.8 Å². The maximum atomic E-state index is 11.8. The Labute approximate surface area is 111 Å². The average Bonchev–Trinajstić information content (AvgIpc) is 2.27. The van der Waals surface area contributed by atoms with Crippen LogP contribution in [0.4, 0.5) is 5.82 Å². The molecule has 2 heterocycles. The van der Waals surface area contributed by atoms with Crippen LogP contribution in [0, 0.1) is 5.92 Å². The Bertz CT molecular complexity index is 576. The molecule has 19 heavy (non-hydrogen) atoms. The second-order valence-corrected chi connectivity index (χ2v) is 6.73. The van der Waals surface area contributed by atoms with Gasteiger partial charge in [0.05, 0.1) is 5.92 Å². The van der Waals surface area contributed by atoms with Crippen LogP contribution in [-0.4, -0.2) is 56.0 Å². The van der Waals surface area contributed by atoms with Gasteiger partial charge in [-0.15, -0.1) is 0 Å². The summed E-state index contributed by atoms with van der Waals surface area (Å²) in [6, 6.07) is 3.07. The lowest BCUT2D eigenvalue weighted by atomic mass is 10.0. The van der Waals surface area contributed by atoms with Crippen molar-refractivity contribution in [3.05, 3.63) is 18.3 Å². The second-order valence-electron chi connectivity index (χ2n) is 4.58. The van der Waals surface area contributed by atoms with Gasteiger partial charge < -0.3 is 10.0 Å². The van der Waals surface area contributed by atoms with E-state index in [4.69, 9.17) is 5.11 Å². The predicted octanol–water partition coefficient (Wildman–Crippen LogP) is -0.147. The fourth-order valence-electron chi connectivity index (χ4n) is 1.74. The largest absolute Gasteiger partial charge is 0.481 e. The smallest absolute Gasteiger partial charge is 0.310 e. The van der Waals surface area contributed by atoms with Gasteiger partial charge in [-0.2, -0.15) is 0 Å². The summed E-state index contributed by atoms with van der Waals surface area (Å²) < 4.78 is 24.8. The third-order valence-corrected chi connectivity index (χ3v) is 4.85. The highest BCUT2D eigenvalue weighted by Crippen LogP contribution is 2.24. The maximum Gasteiger partial charge on any atom is 0.310 e. The van der Waals surface area contributed by atoms with Crippen molar-refractivity contribution in [2.75, 3.05) is 32.1 Å². The molecule has 1 N–H and O–H groups in total. The number of sulfonamides is 1. The first kappa shape index (κ1) is 13.8. The van der Waals surface area contributed by atoms with Crippen LogP contribution in [0.15, 0.2) is 23.2 Å². The number of hydrogen-bond donors (Lipinski definition) is 1. The minimum absolute atomic E-state index is 0.122. The number of carboxylic acid groups (broad SMARTS) is 1. The monoisotopic (exact) mass is 285 g/mol. The summed E-state index contributed by atoms with van der Waals surface area (Å²) in [5, 5.41) is 8.78. The van der Waals surface area contributed by atoms with Gasteiger partial charge in [0.2, 0.25) is 10.0 Å². The maximum absolute atomic E-state index is 11.8. The standard InChI is InChI=1S/C11H15N3O4S/c1-13(2)19(17,18)9-3-4-10(12-5-9)14-6-8(7-14)11(15)16/h3-5,8H,6-7H2,1-2H3,(H,15,16). The molecule has 2 rings (SSSR count). The van der Waals surface area contributed by atoms with Crippen molar-refractivity contribution in [1.29, 1.82) is 0 Å². The zero-order valence-electron chi connectivity index (χ0n) is 10.6. The number of anilines is 1. The summed E-state index contributed by atoms with van der Waals surface area (Å²) in [5.41, 5.74) is 0. The average molecular weight is 285 g/mol. The van der Waals surface area contributed by atoms with Gasteiger partial charge in [-0.3, -0.25) is 4.79 Å². The first-order chi connectivity index (χ1) is 8.82. The van der Waals surface area contributed by atoms with Gasteiger partial charge in [-0.05, 0) is 12.1 Å². The minimum atomic E-state index is -3.47. The molecule has 0 radical (unpaired) electrons. The third-order valence-electron chi connectivity index (χ3n) is 3.05. The van der Waals surface area contributed by atoms with E-state index in [0.717, 1.165) is 4.31 Å². The molecule has 0 amide bonds. The minimum Gasteiger partial charge on any atom is -0.481 e. The normalized spacial score (nSPS) is 16.5. The zero-order valence-corrected chi connectivity index (χ0v) is 11.5. The summed E-state index contributed by atoms with van der Waals surface area (Å²) in [6.45, 7) is 0.810. The molecule has 7 nitrogen and oxygen atoms in total. The number of carbonyl (C=O) groups is 1. The number of pyridine rings is 1. The van der Waals surface area contributed by atoms with Crippen LogP contribution < -0.4 is 4.90 Å². The molecule has 104 valence electrons. The van der Waals surface area contributed by atoms with Crippen LogP contribution in [0.1, 0.15) is 0 Å². The van der Waals surface area contributed by atoms with Crippen molar-refractivity contribution in [2.24, 2.45) is 5.92 Å². The van der Waals surface area contributed by atoms with E-state index in [1.807, 2.05) is 0 Å². The lowest BCUT2D eigenvalue weighted by Crippen LogP contribution is -2.50. The molecule has 8 heteroatoms. The molecule has 1 aromatic heterocycles. The molecular weight excluding hydrogens is 270 g/mol. The van der Waals surface area contributed by atoms with E-state index in [2.05, 4.69) is 4.98 Å². The van der Waals surface area contributed by atoms with Crippen LogP contribution in [0.5, 0.6) is 0 Å². The lowest BCUT2D eigenvalue weighted by molar-refractivity contribution is -0.142. The first-order valence-corrected chi connectivity index (χ1v) is 7.12. The zero-order chi connectivity index (χ0) is 14.2. The Morgan fingerprint density at radius 1 is 1.42 bits per heavy atom. The number of aliphatic carboxylic acids is 1. The summed E-state index contributed by atoms with van der Waals surface area (Å²) in [7, 11) is -0.565. The van der Waals surface area contributed by atoms with E-state index in [1.165, 1.54) is 26.4 Å². The molecule has 0 aliphatic carbocycles. The SMILES string of the molecule is CN(C)S(=O)(=O)c1ccc(N2CC(C(=O)O)C2)nc1. The van der Waals surface area contributed by atoms with Crippen LogP contribution in [-0.2, 0) is 14.8 Å². The van der Waals surface area contributed by atoms with Gasteiger partial charge in [-0.1, -0.05) is 0 Å². The fourth-order valence-corrected chi connectivity index (χ4v) is 2.59. The van der Waals surface area contributed by atoms with Crippen molar-refractivity contribution < 1.29 is 18.3 Å². The van der Waals surface area contributed by atoms with Crippen LogP contribution in [0.25, 0.3) is 0 Å². The highest BCUT2D eigenvalue weighted by atomic mass is 32.2. The second kappa shape index (κ2) is 4.78. The van der Waals surface area contributed by atoms with Gasteiger partial charge >= 0.3 is 5.97 Å². The molecule has 0 saturated carbocycles. The molecule has 0 aromatic carbocycles. The lowest BCUT2D eigenvalue weighted by Gasteiger charge is -2.37. The Morgan fingerprint density at radius 3 is 2.47 bits per heavy atom. The summed E-state index contributed by atoms with van der Waals surface area (Å²) in [4.78, 5) is 16.7. The fraction of sp³-hybridized carbons (Fsp3) is 0.455. The first-order valence-electron chi connectivity index (χ1n) is 5.68. The number of rotatable bonds is 4. The summed E-state index contributed by atoms with van der Waals surface area (Å²) >= 11 is 0. The summed E-state index contributed by atoms with van der Waals surface area (Å²) in [5.74, 6) is -0.592. The highest BCUT2D eigenvalue weighted by Gasteiger charge is 2.33. The van der Waals surface area contributed by atoms with E-state index < -0.39 is 16.0 Å². The van der Waals surface area contributed by atoms with Crippen LogP contribution in [0.3, 0.4) is 0 Å². The van der Waals surface area contributed by atoms with Gasteiger partial charge in [0, 0.05) is 33.4 Å². The van der Waals surface area contributed by atoms with Gasteiger partial charge in [0.25, 0.3) is 0 Å². The van der Waals surface area contributed by atoms with E-state index in [0.29, 0.717) is 18.9 Å². The van der Waals surface area contributed by atoms with Crippen molar-refractivity contribution in [3.63, 3.8) is 0 Å².